The summed E-state index contributed by atoms with van der Waals surface area (Å²) in [6.45, 7) is 12.7. The van der Waals surface area contributed by atoms with Crippen molar-refractivity contribution in [3.8, 4) is 0 Å². The molecular weight excluding hydrogens is 364 g/mol. The Kier molecular flexibility index (Phi) is 18.5. The Morgan fingerprint density at radius 2 is 1.25 bits per heavy atom. The summed E-state index contributed by atoms with van der Waals surface area (Å²) >= 11 is 0. The lowest BCUT2D eigenvalue weighted by molar-refractivity contribution is -0.131. The maximum atomic E-state index is 11.5. The van der Waals surface area contributed by atoms with E-state index in [4.69, 9.17) is 18.9 Å². The Morgan fingerprint density at radius 3 is 1.79 bits per heavy atom. The van der Waals surface area contributed by atoms with Gasteiger partial charge in [-0.3, -0.25) is 9.59 Å². The van der Waals surface area contributed by atoms with Crippen molar-refractivity contribution in [2.24, 2.45) is 5.92 Å². The maximum Gasteiger partial charge on any atom is 0.246 e. The van der Waals surface area contributed by atoms with Gasteiger partial charge in [-0.25, -0.2) is 0 Å². The highest BCUT2D eigenvalue weighted by Crippen LogP contribution is 1.94. The molecule has 0 saturated carbocycles. The van der Waals surface area contributed by atoms with Gasteiger partial charge < -0.3 is 29.6 Å². The summed E-state index contributed by atoms with van der Waals surface area (Å²) in [5, 5.41) is 6.06. The second-order valence-corrected chi connectivity index (χ2v) is 7.12. The minimum Gasteiger partial charge on any atom is -0.379 e. The average molecular weight is 405 g/mol. The molecule has 0 bridgehead atoms. The fraction of sp³-hybridized carbons (Fsp3) is 0.900. The zero-order valence-corrected chi connectivity index (χ0v) is 18.1. The van der Waals surface area contributed by atoms with Gasteiger partial charge >= 0.3 is 0 Å². The van der Waals surface area contributed by atoms with Crippen LogP contribution in [0.5, 0.6) is 0 Å². The highest BCUT2D eigenvalue weighted by molar-refractivity contribution is 5.82. The summed E-state index contributed by atoms with van der Waals surface area (Å²) < 4.78 is 21.4. The molecule has 0 aromatic carbocycles. The highest BCUT2D eigenvalue weighted by Gasteiger charge is 2.08. The second-order valence-electron chi connectivity index (χ2n) is 7.12. The van der Waals surface area contributed by atoms with E-state index in [0.717, 1.165) is 19.6 Å². The minimum absolute atomic E-state index is 0.00563. The van der Waals surface area contributed by atoms with Crippen molar-refractivity contribution in [1.29, 1.82) is 0 Å². The lowest BCUT2D eigenvalue weighted by Crippen LogP contribution is -2.30. The van der Waals surface area contributed by atoms with Crippen LogP contribution >= 0.6 is 0 Å². The number of Topliss-reactive ketones (excluding diaryl/α,β-unsaturated/α-hetero) is 1. The van der Waals surface area contributed by atoms with E-state index in [-0.39, 0.29) is 30.8 Å². The summed E-state index contributed by atoms with van der Waals surface area (Å²) in [4.78, 5) is 22.9. The number of ketones is 1. The van der Waals surface area contributed by atoms with Gasteiger partial charge in [-0.1, -0.05) is 27.7 Å². The molecule has 2 N–H and O–H groups in total. The summed E-state index contributed by atoms with van der Waals surface area (Å²) in [7, 11) is 0. The van der Waals surface area contributed by atoms with Crippen LogP contribution in [0.4, 0.5) is 0 Å². The molecule has 0 aromatic heterocycles. The van der Waals surface area contributed by atoms with Gasteiger partial charge in [0.25, 0.3) is 0 Å². The lowest BCUT2D eigenvalue weighted by atomic mass is 10.1. The first-order valence-electron chi connectivity index (χ1n) is 10.3. The summed E-state index contributed by atoms with van der Waals surface area (Å²) in [5.74, 6) is -0.303. The molecule has 0 saturated heterocycles. The van der Waals surface area contributed by atoms with E-state index in [0.29, 0.717) is 52.0 Å². The molecule has 1 amide bonds. The molecule has 166 valence electrons. The number of hydrogen-bond acceptors (Lipinski definition) is 7. The lowest BCUT2D eigenvalue weighted by Gasteiger charge is -2.09. The highest BCUT2D eigenvalue weighted by atomic mass is 16.5. The van der Waals surface area contributed by atoms with Crippen LogP contribution in [-0.4, -0.2) is 83.7 Å². The normalized spacial score (nSPS) is 11.4. The third-order valence-corrected chi connectivity index (χ3v) is 3.67. The van der Waals surface area contributed by atoms with E-state index in [1.54, 1.807) is 13.8 Å². The molecule has 0 unspecified atom stereocenters. The first kappa shape index (κ1) is 26.9. The van der Waals surface area contributed by atoms with Gasteiger partial charge in [0, 0.05) is 31.7 Å². The van der Waals surface area contributed by atoms with E-state index in [1.165, 1.54) is 0 Å². The predicted octanol–water partition coefficient (Wildman–Crippen LogP) is 1.17. The fourth-order valence-electron chi connectivity index (χ4n) is 1.97. The largest absolute Gasteiger partial charge is 0.379 e. The van der Waals surface area contributed by atoms with Crippen molar-refractivity contribution in [2.75, 3.05) is 65.9 Å². The quantitative estimate of drug-likeness (QED) is 0.294. The first-order valence-corrected chi connectivity index (χ1v) is 10.3. The van der Waals surface area contributed by atoms with Gasteiger partial charge in [0.05, 0.1) is 26.4 Å². The number of carbonyl (C=O) groups is 2. The van der Waals surface area contributed by atoms with E-state index >= 15 is 0 Å². The zero-order valence-electron chi connectivity index (χ0n) is 18.1. The van der Waals surface area contributed by atoms with Gasteiger partial charge in [-0.05, 0) is 19.4 Å². The molecule has 0 aliphatic rings. The number of ether oxygens (including phenoxy) is 4. The van der Waals surface area contributed by atoms with Gasteiger partial charge in [-0.2, -0.15) is 0 Å². The maximum absolute atomic E-state index is 11.5. The molecule has 0 aliphatic carbocycles. The number of carbonyl (C=O) groups excluding carboxylic acids is 2. The fourth-order valence-corrected chi connectivity index (χ4v) is 1.97. The van der Waals surface area contributed by atoms with Crippen LogP contribution in [0.1, 0.15) is 40.5 Å². The van der Waals surface area contributed by atoms with Crippen molar-refractivity contribution in [2.45, 2.75) is 46.6 Å². The van der Waals surface area contributed by atoms with Gasteiger partial charge in [-0.15, -0.1) is 0 Å². The molecule has 0 aromatic rings. The molecule has 0 rings (SSSR count). The molecule has 0 aliphatic heterocycles. The molecule has 0 atom stereocenters. The number of amides is 1. The Hall–Kier alpha value is -1.06. The third-order valence-electron chi connectivity index (χ3n) is 3.67. The summed E-state index contributed by atoms with van der Waals surface area (Å²) in [5.41, 5.74) is 0. The van der Waals surface area contributed by atoms with Crippen molar-refractivity contribution in [1.82, 2.24) is 10.6 Å². The van der Waals surface area contributed by atoms with Crippen LogP contribution in [0, 0.1) is 5.92 Å². The monoisotopic (exact) mass is 404 g/mol. The molecule has 8 heteroatoms. The molecule has 0 fully saturated rings. The molecule has 0 spiro atoms. The van der Waals surface area contributed by atoms with E-state index in [2.05, 4.69) is 24.5 Å². The van der Waals surface area contributed by atoms with Gasteiger partial charge in [0.1, 0.15) is 13.2 Å². The minimum atomic E-state index is -0.222. The van der Waals surface area contributed by atoms with Crippen molar-refractivity contribution < 1.29 is 28.5 Å². The Balaban J connectivity index is 3.21. The zero-order chi connectivity index (χ0) is 21.0. The van der Waals surface area contributed by atoms with Crippen LogP contribution in [-0.2, 0) is 28.5 Å². The summed E-state index contributed by atoms with van der Waals surface area (Å²) in [6, 6.07) is 0.514. The van der Waals surface area contributed by atoms with Gasteiger partial charge in [0.15, 0.2) is 5.78 Å². The Labute approximate surface area is 170 Å². The molecular formula is C20H40N2O6. The SMILES string of the molecule is CC(C)NCCCOCCOCCOCCCNC(=O)COCC(=O)C(C)C. The molecule has 28 heavy (non-hydrogen) atoms. The Morgan fingerprint density at radius 1 is 0.714 bits per heavy atom. The van der Waals surface area contributed by atoms with Crippen LogP contribution in [0.15, 0.2) is 0 Å². The average Bonchev–Trinajstić information content (AvgIpc) is 2.64. The molecule has 8 nitrogen and oxygen atoms in total. The van der Waals surface area contributed by atoms with Crippen molar-refractivity contribution >= 4 is 11.7 Å². The van der Waals surface area contributed by atoms with Crippen LogP contribution < -0.4 is 10.6 Å². The Bertz CT molecular complexity index is 391. The number of nitrogens with one attached hydrogen (secondary N) is 2. The van der Waals surface area contributed by atoms with Crippen molar-refractivity contribution in [3.05, 3.63) is 0 Å². The smallest absolute Gasteiger partial charge is 0.246 e. The summed E-state index contributed by atoms with van der Waals surface area (Å²) in [6.07, 6.45) is 1.71. The predicted molar refractivity (Wildman–Crippen MR) is 109 cm³/mol. The van der Waals surface area contributed by atoms with Gasteiger partial charge in [0.2, 0.25) is 5.91 Å². The van der Waals surface area contributed by atoms with Crippen LogP contribution in [0.3, 0.4) is 0 Å². The van der Waals surface area contributed by atoms with E-state index < -0.39 is 0 Å². The standard InChI is InChI=1S/C20H40N2O6/c1-17(2)19(23)15-28-16-20(24)22-8-6-10-26-12-14-27-13-11-25-9-5-7-21-18(3)4/h17-18,21H,5-16H2,1-4H3,(H,22,24). The second kappa shape index (κ2) is 19.3. The third kappa shape index (κ3) is 19.7. The van der Waals surface area contributed by atoms with Crippen molar-refractivity contribution in [3.63, 3.8) is 0 Å². The van der Waals surface area contributed by atoms with E-state index in [1.807, 2.05) is 0 Å². The molecule has 0 heterocycles. The van der Waals surface area contributed by atoms with Crippen LogP contribution in [0.2, 0.25) is 0 Å². The van der Waals surface area contributed by atoms with Crippen LogP contribution in [0.25, 0.3) is 0 Å². The molecule has 0 radical (unpaired) electrons. The number of hydrogen-bond donors (Lipinski definition) is 2. The van der Waals surface area contributed by atoms with E-state index in [9.17, 15) is 9.59 Å². The first-order chi connectivity index (χ1) is 13.4. The number of rotatable bonds is 20. The topological polar surface area (TPSA) is 95.1 Å².